The van der Waals surface area contributed by atoms with E-state index in [1.54, 1.807) is 6.08 Å². The smallest absolute Gasteiger partial charge is 0.230 e. The number of nitrogens with one attached hydrogen (secondary N) is 1. The number of carbonyl (C=O) groups excluding carboxylic acids is 1. The van der Waals surface area contributed by atoms with Crippen molar-refractivity contribution in [3.05, 3.63) is 48.6 Å². The molecule has 5 nitrogen and oxygen atoms in total. The zero-order valence-corrected chi connectivity index (χ0v) is 14.2. The molecule has 2 aromatic rings. The molecule has 3 rings (SSSR count). The molecule has 1 amide bonds. The molecular weight excluding hydrogens is 324 g/mol. The zero-order chi connectivity index (χ0) is 16.9. The lowest BCUT2D eigenvalue weighted by Gasteiger charge is -2.17. The highest BCUT2D eigenvalue weighted by molar-refractivity contribution is 7.22. The summed E-state index contributed by atoms with van der Waals surface area (Å²) in [6, 6.07) is 3.80. The second kappa shape index (κ2) is 7.31. The molecule has 24 heavy (non-hydrogen) atoms. The minimum atomic E-state index is -0.119. The van der Waals surface area contributed by atoms with Crippen molar-refractivity contribution >= 4 is 32.6 Å². The van der Waals surface area contributed by atoms with Gasteiger partial charge in [-0.2, -0.15) is 0 Å². The number of aromatic nitrogens is 1. The highest BCUT2D eigenvalue weighted by Gasteiger charge is 2.19. The highest BCUT2D eigenvalue weighted by atomic mass is 32.1. The van der Waals surface area contributed by atoms with Crippen molar-refractivity contribution in [2.75, 3.05) is 18.5 Å². The largest absolute Gasteiger partial charge is 0.486 e. The third kappa shape index (κ3) is 3.49. The Morgan fingerprint density at radius 3 is 3.04 bits per heavy atom. The van der Waals surface area contributed by atoms with Crippen molar-refractivity contribution in [2.45, 2.75) is 13.3 Å². The Hall–Kier alpha value is -2.60. The van der Waals surface area contributed by atoms with Crippen LogP contribution in [0, 0.1) is 0 Å². The number of carbonyl (C=O) groups is 1. The van der Waals surface area contributed by atoms with Gasteiger partial charge in [-0.3, -0.25) is 4.79 Å². The first-order valence-electron chi connectivity index (χ1n) is 7.64. The Bertz CT molecular complexity index is 836. The first-order valence-corrected chi connectivity index (χ1v) is 8.46. The van der Waals surface area contributed by atoms with E-state index in [4.69, 9.17) is 9.47 Å². The number of ether oxygens (including phenoxy) is 2. The monoisotopic (exact) mass is 342 g/mol. The third-order valence-corrected chi connectivity index (χ3v) is 4.33. The van der Waals surface area contributed by atoms with Crippen LogP contribution >= 0.6 is 11.3 Å². The van der Waals surface area contributed by atoms with Gasteiger partial charge in [0, 0.05) is 0 Å². The molecule has 2 heterocycles. The Labute approximate surface area is 144 Å². The lowest BCUT2D eigenvalue weighted by molar-refractivity contribution is -0.115. The van der Waals surface area contributed by atoms with E-state index in [-0.39, 0.29) is 12.3 Å². The van der Waals surface area contributed by atoms with Crippen LogP contribution in [0.1, 0.15) is 13.3 Å². The van der Waals surface area contributed by atoms with Gasteiger partial charge in [0.25, 0.3) is 0 Å². The predicted molar refractivity (Wildman–Crippen MR) is 97.0 cm³/mol. The number of benzene rings is 1. The quantitative estimate of drug-likeness (QED) is 0.832. The summed E-state index contributed by atoms with van der Waals surface area (Å²) in [7, 11) is 0. The number of fused-ring (bicyclic) bond motifs is 3. The second-order valence-electron chi connectivity index (χ2n) is 5.16. The Morgan fingerprint density at radius 2 is 2.25 bits per heavy atom. The number of hydrogen-bond acceptors (Lipinski definition) is 5. The number of anilines is 1. The molecule has 1 aliphatic rings. The summed E-state index contributed by atoms with van der Waals surface area (Å²) in [5.41, 5.74) is 1.61. The van der Waals surface area contributed by atoms with E-state index in [1.807, 2.05) is 37.3 Å². The van der Waals surface area contributed by atoms with E-state index >= 15 is 0 Å². The van der Waals surface area contributed by atoms with Crippen LogP contribution in [0.3, 0.4) is 0 Å². The lowest BCUT2D eigenvalue weighted by atomic mass is 10.1. The first kappa shape index (κ1) is 16.3. The molecule has 124 valence electrons. The molecule has 0 atom stereocenters. The van der Waals surface area contributed by atoms with Gasteiger partial charge in [-0.25, -0.2) is 4.98 Å². The minimum Gasteiger partial charge on any atom is -0.486 e. The molecule has 0 aliphatic carbocycles. The Kier molecular flexibility index (Phi) is 4.96. The maximum Gasteiger partial charge on any atom is 0.230 e. The topological polar surface area (TPSA) is 60.5 Å². The fraction of sp³-hybridized carbons (Fsp3) is 0.222. The maximum absolute atomic E-state index is 12.2. The number of amides is 1. The van der Waals surface area contributed by atoms with E-state index in [1.165, 1.54) is 11.3 Å². The van der Waals surface area contributed by atoms with E-state index in [0.29, 0.717) is 29.8 Å². The summed E-state index contributed by atoms with van der Waals surface area (Å²) in [6.45, 7) is 6.62. The average Bonchev–Trinajstić information content (AvgIpc) is 2.98. The van der Waals surface area contributed by atoms with Crippen molar-refractivity contribution in [1.82, 2.24) is 4.98 Å². The Morgan fingerprint density at radius 1 is 1.42 bits per heavy atom. The third-order valence-electron chi connectivity index (χ3n) is 3.39. The van der Waals surface area contributed by atoms with Gasteiger partial charge in [-0.1, -0.05) is 42.2 Å². The number of hydrogen-bond donors (Lipinski definition) is 1. The molecule has 1 aromatic heterocycles. The van der Waals surface area contributed by atoms with Gasteiger partial charge < -0.3 is 14.8 Å². The summed E-state index contributed by atoms with van der Waals surface area (Å²) in [5.74, 6) is 1.23. The van der Waals surface area contributed by atoms with Gasteiger partial charge >= 0.3 is 0 Å². The number of nitrogens with zero attached hydrogens (tertiary/aromatic N) is 1. The molecule has 6 heteroatoms. The van der Waals surface area contributed by atoms with Crippen LogP contribution in [-0.2, 0) is 4.79 Å². The lowest BCUT2D eigenvalue weighted by Crippen LogP contribution is -2.15. The number of rotatable bonds is 5. The number of thiazole rings is 1. The molecule has 1 aliphatic heterocycles. The van der Waals surface area contributed by atoms with Crippen LogP contribution in [-0.4, -0.2) is 24.1 Å². The van der Waals surface area contributed by atoms with Crippen molar-refractivity contribution in [3.8, 4) is 11.5 Å². The molecule has 0 radical (unpaired) electrons. The fourth-order valence-electron chi connectivity index (χ4n) is 2.44. The van der Waals surface area contributed by atoms with E-state index in [0.717, 1.165) is 15.8 Å². The summed E-state index contributed by atoms with van der Waals surface area (Å²) >= 11 is 1.42. The summed E-state index contributed by atoms with van der Waals surface area (Å²) in [5, 5.41) is 3.40. The standard InChI is InChI=1S/C18H18N2O3S/c1-3-5-12(6-4-2)11-15(21)19-18-20-16-14(24-18)8-7-13-17(16)23-10-9-22-13/h3-8H,1,9-11H2,2H3,(H,19,20,21)/b6-4-,12-5+. The molecule has 1 N–H and O–H groups in total. The molecule has 0 fully saturated rings. The zero-order valence-electron chi connectivity index (χ0n) is 13.4. The van der Waals surface area contributed by atoms with Gasteiger partial charge in [-0.15, -0.1) is 0 Å². The minimum absolute atomic E-state index is 0.119. The molecule has 0 bridgehead atoms. The van der Waals surface area contributed by atoms with E-state index in [2.05, 4.69) is 16.9 Å². The highest BCUT2D eigenvalue weighted by Crippen LogP contribution is 2.40. The van der Waals surface area contributed by atoms with Gasteiger partial charge in [0.05, 0.1) is 11.1 Å². The maximum atomic E-state index is 12.2. The van der Waals surface area contributed by atoms with Crippen LogP contribution in [0.25, 0.3) is 10.2 Å². The molecule has 0 saturated carbocycles. The fourth-order valence-corrected chi connectivity index (χ4v) is 3.32. The Balaban J connectivity index is 1.79. The van der Waals surface area contributed by atoms with Crippen molar-refractivity contribution < 1.29 is 14.3 Å². The normalized spacial score (nSPS) is 14.1. The summed E-state index contributed by atoms with van der Waals surface area (Å²) in [6.07, 6.45) is 7.54. The van der Waals surface area contributed by atoms with Crippen LogP contribution in [0.4, 0.5) is 5.13 Å². The average molecular weight is 342 g/mol. The van der Waals surface area contributed by atoms with Gasteiger partial charge in [0.2, 0.25) is 5.91 Å². The van der Waals surface area contributed by atoms with Crippen LogP contribution in [0.2, 0.25) is 0 Å². The molecule has 1 aromatic carbocycles. The first-order chi connectivity index (χ1) is 11.7. The molecule has 0 saturated heterocycles. The van der Waals surface area contributed by atoms with Gasteiger partial charge in [-0.05, 0) is 24.6 Å². The molecule has 0 unspecified atom stereocenters. The number of allylic oxidation sites excluding steroid dienone is 4. The SMILES string of the molecule is C=C/C=C(\C=C/C)CC(=O)Nc1nc2c3c(ccc2s1)OCCO3. The van der Waals surface area contributed by atoms with Crippen LogP contribution in [0.15, 0.2) is 48.6 Å². The predicted octanol–water partition coefficient (Wildman–Crippen LogP) is 4.08. The van der Waals surface area contributed by atoms with Crippen LogP contribution in [0.5, 0.6) is 11.5 Å². The van der Waals surface area contributed by atoms with Gasteiger partial charge in [0.15, 0.2) is 16.6 Å². The van der Waals surface area contributed by atoms with E-state index < -0.39 is 0 Å². The van der Waals surface area contributed by atoms with Crippen LogP contribution < -0.4 is 14.8 Å². The molecule has 0 spiro atoms. The van der Waals surface area contributed by atoms with Crippen molar-refractivity contribution in [2.24, 2.45) is 0 Å². The van der Waals surface area contributed by atoms with Gasteiger partial charge in [0.1, 0.15) is 18.7 Å². The summed E-state index contributed by atoms with van der Waals surface area (Å²) < 4.78 is 12.2. The van der Waals surface area contributed by atoms with Crippen molar-refractivity contribution in [3.63, 3.8) is 0 Å². The van der Waals surface area contributed by atoms with E-state index in [9.17, 15) is 4.79 Å². The molecular formula is C18H18N2O3S. The van der Waals surface area contributed by atoms with Crippen molar-refractivity contribution in [1.29, 1.82) is 0 Å². The summed E-state index contributed by atoms with van der Waals surface area (Å²) in [4.78, 5) is 16.7. The second-order valence-corrected chi connectivity index (χ2v) is 6.19.